The number of aromatic nitrogens is 3. The van der Waals surface area contributed by atoms with Gasteiger partial charge in [-0.05, 0) is 54.8 Å². The molecule has 6 nitrogen and oxygen atoms in total. The van der Waals surface area contributed by atoms with E-state index < -0.39 is 0 Å². The van der Waals surface area contributed by atoms with Gasteiger partial charge >= 0.3 is 0 Å². The van der Waals surface area contributed by atoms with Gasteiger partial charge in [-0.25, -0.2) is 4.98 Å². The van der Waals surface area contributed by atoms with Gasteiger partial charge in [0.2, 0.25) is 0 Å². The average molecular weight is 422 g/mol. The quantitative estimate of drug-likeness (QED) is 0.427. The Bertz CT molecular complexity index is 1390. The lowest BCUT2D eigenvalue weighted by Crippen LogP contribution is -2.07. The Labute approximate surface area is 186 Å². The maximum absolute atomic E-state index is 9.66. The number of para-hydroxylation sites is 1. The maximum Gasteiger partial charge on any atom is 0.298 e. The van der Waals surface area contributed by atoms with Crippen LogP contribution in [0.5, 0.6) is 11.8 Å². The normalized spacial score (nSPS) is 14.0. The summed E-state index contributed by atoms with van der Waals surface area (Å²) in [6.45, 7) is 5.33. The molecule has 0 atom stereocenters. The van der Waals surface area contributed by atoms with Gasteiger partial charge in [-0.15, -0.1) is 0 Å². The zero-order chi connectivity index (χ0) is 22.1. The van der Waals surface area contributed by atoms with Crippen molar-refractivity contribution in [2.24, 2.45) is 0 Å². The molecule has 0 bridgehead atoms. The third kappa shape index (κ3) is 3.38. The first kappa shape index (κ1) is 19.8. The number of imidazole rings is 1. The SMILES string of the molecule is CCOc1nc2cccnc2n1Cc1ccc2c(c1)COc1ccccc1C2=C(C)C#N. The molecule has 2 aromatic carbocycles. The van der Waals surface area contributed by atoms with Crippen LogP contribution < -0.4 is 9.47 Å². The minimum absolute atomic E-state index is 0.434. The van der Waals surface area contributed by atoms with Crippen molar-refractivity contribution in [1.29, 1.82) is 5.26 Å². The largest absolute Gasteiger partial charge is 0.488 e. The third-order valence-electron chi connectivity index (χ3n) is 5.60. The van der Waals surface area contributed by atoms with E-state index in [2.05, 4.69) is 34.2 Å². The molecule has 158 valence electrons. The van der Waals surface area contributed by atoms with Crippen LogP contribution in [0.4, 0.5) is 0 Å². The fourth-order valence-corrected chi connectivity index (χ4v) is 4.17. The van der Waals surface area contributed by atoms with Gasteiger partial charge < -0.3 is 9.47 Å². The molecular formula is C26H22N4O2. The van der Waals surface area contributed by atoms with Crippen molar-refractivity contribution >= 4 is 16.7 Å². The Morgan fingerprint density at radius 1 is 1.16 bits per heavy atom. The second-order valence-corrected chi connectivity index (χ2v) is 7.65. The average Bonchev–Trinajstić information content (AvgIpc) is 3.07. The highest BCUT2D eigenvalue weighted by Gasteiger charge is 2.22. The number of nitrogens with zero attached hydrogens (tertiary/aromatic N) is 4. The Morgan fingerprint density at radius 3 is 2.88 bits per heavy atom. The molecule has 5 rings (SSSR count). The minimum Gasteiger partial charge on any atom is -0.488 e. The number of hydrogen-bond donors (Lipinski definition) is 0. The summed E-state index contributed by atoms with van der Waals surface area (Å²) in [5, 5.41) is 9.66. The lowest BCUT2D eigenvalue weighted by Gasteiger charge is -2.13. The van der Waals surface area contributed by atoms with Gasteiger partial charge in [-0.1, -0.05) is 30.3 Å². The van der Waals surface area contributed by atoms with Crippen molar-refractivity contribution < 1.29 is 9.47 Å². The monoisotopic (exact) mass is 422 g/mol. The van der Waals surface area contributed by atoms with E-state index >= 15 is 0 Å². The molecular weight excluding hydrogens is 400 g/mol. The molecule has 0 unspecified atom stereocenters. The first-order valence-electron chi connectivity index (χ1n) is 10.6. The summed E-state index contributed by atoms with van der Waals surface area (Å²) in [7, 11) is 0. The van der Waals surface area contributed by atoms with E-state index in [0.29, 0.717) is 31.3 Å². The second-order valence-electron chi connectivity index (χ2n) is 7.65. The molecule has 3 heterocycles. The van der Waals surface area contributed by atoms with Crippen LogP contribution >= 0.6 is 0 Å². The number of nitriles is 1. The molecule has 0 amide bonds. The maximum atomic E-state index is 9.66. The van der Waals surface area contributed by atoms with Gasteiger partial charge in [0.15, 0.2) is 5.65 Å². The van der Waals surface area contributed by atoms with E-state index in [1.807, 2.05) is 54.8 Å². The first-order valence-corrected chi connectivity index (χ1v) is 10.6. The van der Waals surface area contributed by atoms with Gasteiger partial charge in [-0.2, -0.15) is 10.2 Å². The van der Waals surface area contributed by atoms with E-state index in [1.165, 1.54) is 0 Å². The molecule has 0 N–H and O–H groups in total. The van der Waals surface area contributed by atoms with E-state index in [1.54, 1.807) is 6.20 Å². The molecule has 6 heteroatoms. The lowest BCUT2D eigenvalue weighted by atomic mass is 9.90. The Balaban J connectivity index is 1.60. The summed E-state index contributed by atoms with van der Waals surface area (Å²) in [5.41, 5.74) is 7.27. The number of hydrogen-bond acceptors (Lipinski definition) is 5. The van der Waals surface area contributed by atoms with Crippen LogP contribution in [-0.2, 0) is 13.2 Å². The van der Waals surface area contributed by atoms with Crippen molar-refractivity contribution in [3.05, 3.63) is 88.6 Å². The van der Waals surface area contributed by atoms with Crippen molar-refractivity contribution in [2.75, 3.05) is 6.61 Å². The summed E-state index contributed by atoms with van der Waals surface area (Å²) in [6.07, 6.45) is 1.76. The van der Waals surface area contributed by atoms with E-state index in [0.717, 1.165) is 44.7 Å². The van der Waals surface area contributed by atoms with Crippen LogP contribution in [0.25, 0.3) is 16.7 Å². The molecule has 1 aliphatic rings. The smallest absolute Gasteiger partial charge is 0.298 e. The van der Waals surface area contributed by atoms with Crippen LogP contribution in [0.2, 0.25) is 0 Å². The first-order chi connectivity index (χ1) is 15.7. The number of fused-ring (bicyclic) bond motifs is 3. The number of ether oxygens (including phenoxy) is 2. The van der Waals surface area contributed by atoms with Gasteiger partial charge in [-0.3, -0.25) is 4.57 Å². The van der Waals surface area contributed by atoms with Crippen LogP contribution in [0.1, 0.15) is 36.1 Å². The topological polar surface area (TPSA) is 73.0 Å². The highest BCUT2D eigenvalue weighted by molar-refractivity contribution is 5.88. The molecule has 0 radical (unpaired) electrons. The second kappa shape index (κ2) is 8.20. The molecule has 0 saturated carbocycles. The molecule has 2 aromatic heterocycles. The number of allylic oxidation sites excluding steroid dienone is 1. The lowest BCUT2D eigenvalue weighted by molar-refractivity contribution is 0.300. The van der Waals surface area contributed by atoms with Gasteiger partial charge in [0.25, 0.3) is 6.01 Å². The Hall–Kier alpha value is -4.11. The Kier molecular flexibility index (Phi) is 5.08. The fourth-order valence-electron chi connectivity index (χ4n) is 4.17. The number of pyridine rings is 1. The summed E-state index contributed by atoms with van der Waals surface area (Å²) in [5.74, 6) is 0.790. The van der Waals surface area contributed by atoms with E-state index in [-0.39, 0.29) is 0 Å². The predicted octanol–water partition coefficient (Wildman–Crippen LogP) is 5.12. The number of benzene rings is 2. The van der Waals surface area contributed by atoms with Crippen LogP contribution in [0, 0.1) is 11.3 Å². The van der Waals surface area contributed by atoms with Crippen LogP contribution in [0.15, 0.2) is 66.4 Å². The van der Waals surface area contributed by atoms with E-state index in [9.17, 15) is 5.26 Å². The highest BCUT2D eigenvalue weighted by atomic mass is 16.5. The molecule has 32 heavy (non-hydrogen) atoms. The standard InChI is InChI=1S/C26H22N4O2/c1-3-31-26-29-22-8-6-12-28-25(22)30(26)15-18-10-11-20-19(13-18)16-32-23-9-5-4-7-21(23)24(20)17(2)14-27/h4-13H,3,15-16H2,1-2H3. The molecule has 0 aliphatic carbocycles. The molecule has 0 saturated heterocycles. The number of rotatable bonds is 4. The summed E-state index contributed by atoms with van der Waals surface area (Å²) >= 11 is 0. The zero-order valence-corrected chi connectivity index (χ0v) is 18.0. The summed E-state index contributed by atoms with van der Waals surface area (Å²) in [4.78, 5) is 9.09. The van der Waals surface area contributed by atoms with Crippen molar-refractivity contribution in [2.45, 2.75) is 27.0 Å². The van der Waals surface area contributed by atoms with Crippen molar-refractivity contribution in [3.8, 4) is 17.8 Å². The predicted molar refractivity (Wildman–Crippen MR) is 122 cm³/mol. The van der Waals surface area contributed by atoms with E-state index in [4.69, 9.17) is 9.47 Å². The molecule has 0 fully saturated rings. The summed E-state index contributed by atoms with van der Waals surface area (Å²) < 4.78 is 13.9. The highest BCUT2D eigenvalue weighted by Crippen LogP contribution is 2.38. The van der Waals surface area contributed by atoms with Gasteiger partial charge in [0.05, 0.1) is 19.2 Å². The Morgan fingerprint density at radius 2 is 2.03 bits per heavy atom. The van der Waals surface area contributed by atoms with Crippen LogP contribution in [-0.4, -0.2) is 21.1 Å². The summed E-state index contributed by atoms with van der Waals surface area (Å²) in [6, 6.07) is 20.9. The fraction of sp³-hybridized carbons (Fsp3) is 0.192. The molecule has 1 aliphatic heterocycles. The van der Waals surface area contributed by atoms with Crippen molar-refractivity contribution in [1.82, 2.24) is 14.5 Å². The third-order valence-corrected chi connectivity index (χ3v) is 5.60. The molecule has 0 spiro atoms. The van der Waals surface area contributed by atoms with Crippen LogP contribution in [0.3, 0.4) is 0 Å². The molecule has 4 aromatic rings. The zero-order valence-electron chi connectivity index (χ0n) is 18.0. The van der Waals surface area contributed by atoms with Gasteiger partial charge in [0.1, 0.15) is 17.9 Å². The minimum atomic E-state index is 0.434. The van der Waals surface area contributed by atoms with Gasteiger partial charge in [0, 0.05) is 22.9 Å². The van der Waals surface area contributed by atoms with Crippen molar-refractivity contribution in [3.63, 3.8) is 0 Å².